The molecule has 0 fully saturated rings. The van der Waals surface area contributed by atoms with E-state index < -0.39 is 6.36 Å². The zero-order valence-corrected chi connectivity index (χ0v) is 17.4. The van der Waals surface area contributed by atoms with Gasteiger partial charge in [-0.15, -0.1) is 18.3 Å². The number of hydrogen-bond acceptors (Lipinski definition) is 6. The van der Waals surface area contributed by atoms with Crippen molar-refractivity contribution in [3.05, 3.63) is 60.2 Å². The van der Waals surface area contributed by atoms with Crippen LogP contribution in [0.4, 0.5) is 13.2 Å². The number of benzene rings is 2. The van der Waals surface area contributed by atoms with E-state index >= 15 is 0 Å². The number of tetrazole rings is 1. The highest BCUT2D eigenvalue weighted by Gasteiger charge is 2.31. The Morgan fingerprint density at radius 1 is 1.16 bits per heavy atom. The van der Waals surface area contributed by atoms with E-state index in [4.69, 9.17) is 0 Å². The Kier molecular flexibility index (Phi) is 7.50. The molecule has 0 saturated carbocycles. The van der Waals surface area contributed by atoms with Crippen molar-refractivity contribution in [3.63, 3.8) is 0 Å². The molecule has 0 radical (unpaired) electrons. The first-order valence-electron chi connectivity index (χ1n) is 9.44. The van der Waals surface area contributed by atoms with Gasteiger partial charge < -0.3 is 10.1 Å². The number of carbonyl (C=O) groups excluding carboxylic acids is 1. The Morgan fingerprint density at radius 2 is 1.87 bits per heavy atom. The largest absolute Gasteiger partial charge is 0.573 e. The molecule has 0 bridgehead atoms. The second-order valence-electron chi connectivity index (χ2n) is 6.52. The predicted octanol–water partition coefficient (Wildman–Crippen LogP) is 3.96. The topological polar surface area (TPSA) is 81.9 Å². The average molecular weight is 451 g/mol. The molecule has 1 aromatic heterocycles. The van der Waals surface area contributed by atoms with Gasteiger partial charge in [-0.1, -0.05) is 49.0 Å². The molecule has 2 aromatic carbocycles. The van der Waals surface area contributed by atoms with Crippen LogP contribution in [0.15, 0.2) is 59.8 Å². The number of nitrogens with one attached hydrogen (secondary N) is 1. The van der Waals surface area contributed by atoms with Gasteiger partial charge in [-0.2, -0.15) is 4.68 Å². The van der Waals surface area contributed by atoms with Crippen LogP contribution in [0.2, 0.25) is 0 Å². The molecular weight excluding hydrogens is 431 g/mol. The zero-order chi connectivity index (χ0) is 22.3. The van der Waals surface area contributed by atoms with Gasteiger partial charge in [0.1, 0.15) is 5.75 Å². The predicted molar refractivity (Wildman–Crippen MR) is 109 cm³/mol. The van der Waals surface area contributed by atoms with Crippen molar-refractivity contribution in [1.29, 1.82) is 0 Å². The van der Waals surface area contributed by atoms with Crippen LogP contribution in [0.3, 0.4) is 0 Å². The minimum atomic E-state index is -4.76. The summed E-state index contributed by atoms with van der Waals surface area (Å²) in [4.78, 5) is 12.3. The fraction of sp³-hybridized carbons (Fsp3) is 0.300. The fourth-order valence-corrected chi connectivity index (χ4v) is 3.58. The number of aromatic nitrogens is 4. The molecule has 0 aliphatic heterocycles. The maximum atomic E-state index is 12.3. The van der Waals surface area contributed by atoms with Gasteiger partial charge in [-0.3, -0.25) is 4.79 Å². The Labute approximate surface area is 181 Å². The van der Waals surface area contributed by atoms with Crippen molar-refractivity contribution in [2.45, 2.75) is 30.8 Å². The number of hydrogen-bond donors (Lipinski definition) is 1. The smallest absolute Gasteiger partial charge is 0.406 e. The normalized spacial score (nSPS) is 12.4. The highest BCUT2D eigenvalue weighted by molar-refractivity contribution is 7.99. The summed E-state index contributed by atoms with van der Waals surface area (Å²) in [6.45, 7) is 2.59. The molecule has 7 nitrogen and oxygen atoms in total. The average Bonchev–Trinajstić information content (AvgIpc) is 3.21. The molecule has 0 saturated heterocycles. The summed E-state index contributed by atoms with van der Waals surface area (Å²) in [5.74, 6) is -0.191. The van der Waals surface area contributed by atoms with Crippen LogP contribution in [-0.4, -0.2) is 44.8 Å². The second-order valence-corrected chi connectivity index (χ2v) is 7.47. The SMILES string of the molecule is CC[C@@H](CNC(=O)CSc1nnnn1-c1ccc(OC(F)(F)F)cc1)c1ccccc1. The van der Waals surface area contributed by atoms with Crippen LogP contribution < -0.4 is 10.1 Å². The van der Waals surface area contributed by atoms with Crippen molar-refractivity contribution >= 4 is 17.7 Å². The lowest BCUT2D eigenvalue weighted by Crippen LogP contribution is -2.29. The number of carbonyl (C=O) groups is 1. The van der Waals surface area contributed by atoms with Gasteiger partial charge in [0.05, 0.1) is 11.4 Å². The maximum absolute atomic E-state index is 12.3. The molecule has 1 atom stereocenters. The number of ether oxygens (including phenoxy) is 1. The third kappa shape index (κ3) is 6.71. The summed E-state index contributed by atoms with van der Waals surface area (Å²) in [5.41, 5.74) is 1.61. The third-order valence-corrected chi connectivity index (χ3v) is 5.32. The molecule has 0 aliphatic rings. The molecule has 0 aliphatic carbocycles. The fourth-order valence-electron chi connectivity index (χ4n) is 2.86. The molecule has 31 heavy (non-hydrogen) atoms. The summed E-state index contributed by atoms with van der Waals surface area (Å²) in [6.07, 6.45) is -3.87. The van der Waals surface area contributed by atoms with E-state index in [0.717, 1.165) is 18.2 Å². The van der Waals surface area contributed by atoms with Gasteiger partial charge >= 0.3 is 6.36 Å². The number of thioether (sulfide) groups is 1. The minimum absolute atomic E-state index is 0.0981. The van der Waals surface area contributed by atoms with Crippen LogP contribution in [0.25, 0.3) is 5.69 Å². The lowest BCUT2D eigenvalue weighted by Gasteiger charge is -2.16. The molecule has 3 aromatic rings. The van der Waals surface area contributed by atoms with Gasteiger partial charge in [0, 0.05) is 12.5 Å². The van der Waals surface area contributed by atoms with Gasteiger partial charge in [0.2, 0.25) is 11.1 Å². The molecule has 3 rings (SSSR count). The van der Waals surface area contributed by atoms with Crippen molar-refractivity contribution in [2.24, 2.45) is 0 Å². The van der Waals surface area contributed by atoms with Crippen molar-refractivity contribution in [2.75, 3.05) is 12.3 Å². The second kappa shape index (κ2) is 10.3. The van der Waals surface area contributed by atoms with Crippen LogP contribution in [0, 0.1) is 0 Å². The van der Waals surface area contributed by atoms with Crippen molar-refractivity contribution < 1.29 is 22.7 Å². The Morgan fingerprint density at radius 3 is 2.52 bits per heavy atom. The van der Waals surface area contributed by atoms with Gasteiger partial charge in [-0.05, 0) is 46.7 Å². The van der Waals surface area contributed by atoms with E-state index in [1.807, 2.05) is 30.3 Å². The standard InChI is InChI=1S/C20H20F3N5O2S/c1-2-14(15-6-4-3-5-7-15)12-24-18(29)13-31-19-25-26-27-28(19)16-8-10-17(11-9-16)30-20(21,22)23/h3-11,14H,2,12-13H2,1H3,(H,24,29)/t14-/m0/s1. The lowest BCUT2D eigenvalue weighted by molar-refractivity contribution is -0.274. The lowest BCUT2D eigenvalue weighted by atomic mass is 9.96. The van der Waals surface area contributed by atoms with Crippen LogP contribution >= 0.6 is 11.8 Å². The molecule has 164 valence electrons. The van der Waals surface area contributed by atoms with Crippen molar-refractivity contribution in [3.8, 4) is 11.4 Å². The highest BCUT2D eigenvalue weighted by Crippen LogP contribution is 2.25. The Bertz CT molecular complexity index is 980. The Hall–Kier alpha value is -3.08. The maximum Gasteiger partial charge on any atom is 0.573 e. The minimum Gasteiger partial charge on any atom is -0.406 e. The van der Waals surface area contributed by atoms with Crippen LogP contribution in [-0.2, 0) is 4.79 Å². The van der Waals surface area contributed by atoms with Crippen LogP contribution in [0.1, 0.15) is 24.8 Å². The molecule has 0 spiro atoms. The van der Waals surface area contributed by atoms with Gasteiger partial charge in [-0.25, -0.2) is 0 Å². The quantitative estimate of drug-likeness (QED) is 0.496. The number of amides is 1. The number of rotatable bonds is 9. The van der Waals surface area contributed by atoms with Crippen LogP contribution in [0.5, 0.6) is 5.75 Å². The molecular formula is C20H20F3N5O2S. The summed E-state index contributed by atoms with van der Waals surface area (Å²) in [5, 5.41) is 14.6. The molecule has 1 amide bonds. The summed E-state index contributed by atoms with van der Waals surface area (Å²) >= 11 is 1.13. The first-order chi connectivity index (χ1) is 14.9. The molecule has 1 N–H and O–H groups in total. The number of alkyl halides is 3. The van der Waals surface area contributed by atoms with Gasteiger partial charge in [0.25, 0.3) is 0 Å². The molecule has 1 heterocycles. The highest BCUT2D eigenvalue weighted by atomic mass is 32.2. The first kappa shape index (κ1) is 22.6. The number of halogens is 3. The third-order valence-electron chi connectivity index (χ3n) is 4.40. The van der Waals surface area contributed by atoms with E-state index in [1.165, 1.54) is 34.5 Å². The first-order valence-corrected chi connectivity index (χ1v) is 10.4. The van der Waals surface area contributed by atoms with E-state index in [1.54, 1.807) is 0 Å². The Balaban J connectivity index is 1.55. The number of nitrogens with zero attached hydrogens (tertiary/aromatic N) is 4. The van der Waals surface area contributed by atoms with E-state index in [9.17, 15) is 18.0 Å². The molecule has 11 heteroatoms. The summed E-state index contributed by atoms with van der Waals surface area (Å²) in [7, 11) is 0. The summed E-state index contributed by atoms with van der Waals surface area (Å²) < 4.78 is 42.1. The van der Waals surface area contributed by atoms with Gasteiger partial charge in [0.15, 0.2) is 0 Å². The zero-order valence-electron chi connectivity index (χ0n) is 16.5. The summed E-state index contributed by atoms with van der Waals surface area (Å²) in [6, 6.07) is 15.1. The van der Waals surface area contributed by atoms with E-state index in [2.05, 4.69) is 32.5 Å². The monoisotopic (exact) mass is 451 g/mol. The van der Waals surface area contributed by atoms with E-state index in [-0.39, 0.29) is 23.3 Å². The molecule has 0 unspecified atom stereocenters. The van der Waals surface area contributed by atoms with E-state index in [0.29, 0.717) is 17.4 Å². The van der Waals surface area contributed by atoms with Crippen molar-refractivity contribution in [1.82, 2.24) is 25.5 Å².